The summed E-state index contributed by atoms with van der Waals surface area (Å²) in [6.07, 6.45) is 22.1. The Labute approximate surface area is 902 Å². The van der Waals surface area contributed by atoms with Crippen LogP contribution in [0.25, 0.3) is 56.1 Å². The first kappa shape index (κ1) is 109. The molecule has 0 radical (unpaired) electrons. The minimum atomic E-state index is -0.486. The molecule has 1 amide bonds. The van der Waals surface area contributed by atoms with Crippen molar-refractivity contribution >= 4 is 244 Å². The number of carbonyl (C=O) groups excluding carboxylic acids is 1. The zero-order chi connectivity index (χ0) is 102. The van der Waals surface area contributed by atoms with Gasteiger partial charge in [-0.15, -0.1) is 0 Å². The van der Waals surface area contributed by atoms with Crippen molar-refractivity contribution < 1.29 is 9.53 Å². The lowest BCUT2D eigenvalue weighted by atomic mass is 9.94. The second-order valence-corrected chi connectivity index (χ2v) is 44.5. The highest BCUT2D eigenvalue weighted by molar-refractivity contribution is 9.11. The predicted octanol–water partition coefficient (Wildman–Crippen LogP) is 12.2. The number of hydrogen-bond donors (Lipinski definition) is 15. The lowest BCUT2D eigenvalue weighted by molar-refractivity contribution is 0.0527. The minimum absolute atomic E-state index is 0.317. The van der Waals surface area contributed by atoms with E-state index in [-0.39, 0.29) is 0 Å². The number of aromatic nitrogens is 18. The summed E-state index contributed by atoms with van der Waals surface area (Å²) in [5.41, 5.74) is 72.7. The molecule has 51 heteroatoms. The molecule has 2 unspecified atom stereocenters. The third-order valence-electron chi connectivity index (χ3n) is 25.9. The third kappa shape index (κ3) is 25.5. The number of alkyl carbamates (subject to hydrolysis) is 1. The number of aryl methyl sites for hydroxylation is 2. The number of fused-ring (bicyclic) bond motifs is 6. The van der Waals surface area contributed by atoms with Crippen molar-refractivity contribution in [1.82, 2.24) is 124 Å². The molecule has 0 spiro atoms. The molecule has 20 rings (SSSR count). The average molecular weight is 2470 g/mol. The number of nitrogens with zero attached hydrogens (tertiary/aromatic N) is 24. The number of nitrogens with one attached hydrogen (secondary N) is 5. The fourth-order valence-corrected chi connectivity index (χ4v) is 23.6. The molecule has 41 nitrogen and oxygen atoms in total. The number of piperidine rings is 2. The maximum Gasteiger partial charge on any atom is 0.407 e. The molecular weight excluding hydrogens is 2340 g/mol. The van der Waals surface area contributed by atoms with Crippen molar-refractivity contribution in [3.63, 3.8) is 0 Å². The first-order valence-corrected chi connectivity index (χ1v) is 56.2. The molecule has 772 valence electrons. The second-order valence-electron chi connectivity index (χ2n) is 36.9. The molecular formula is C92H129Br7ClN39O2S2. The van der Waals surface area contributed by atoms with Gasteiger partial charge in [-0.3, -0.25) is 0 Å². The van der Waals surface area contributed by atoms with Crippen LogP contribution in [0, 0.1) is 0 Å². The van der Waals surface area contributed by atoms with Gasteiger partial charge in [-0.2, -0.15) is 80.4 Å². The van der Waals surface area contributed by atoms with E-state index >= 15 is 0 Å². The Morgan fingerprint density at radius 1 is 0.420 bits per heavy atom. The normalized spacial score (nSPS) is 18.4. The van der Waals surface area contributed by atoms with Crippen molar-refractivity contribution in [2.45, 2.75) is 154 Å². The van der Waals surface area contributed by atoms with Gasteiger partial charge < -0.3 is 118 Å². The summed E-state index contributed by atoms with van der Waals surface area (Å²) in [5, 5.41) is 51.3. The van der Waals surface area contributed by atoms with Crippen LogP contribution in [0.1, 0.15) is 134 Å². The molecule has 6 aliphatic rings. The van der Waals surface area contributed by atoms with Crippen LogP contribution in [0.2, 0.25) is 5.02 Å². The van der Waals surface area contributed by atoms with E-state index in [2.05, 4.69) is 257 Å². The number of likely N-dealkylation sites (tertiary alicyclic amines) is 2. The van der Waals surface area contributed by atoms with Crippen molar-refractivity contribution in [3.8, 4) is 22.3 Å². The number of rotatable bonds is 27. The number of carbonyl (C=O) groups is 1. The van der Waals surface area contributed by atoms with Crippen LogP contribution < -0.4 is 104 Å². The molecule has 0 saturated carbocycles. The number of halogens is 8. The number of anilines is 10. The number of hydrogen-bond acceptors (Lipinski definition) is 36. The van der Waals surface area contributed by atoms with Gasteiger partial charge in [0.25, 0.3) is 0 Å². The molecule has 20 heterocycles. The van der Waals surface area contributed by atoms with Crippen LogP contribution >= 0.6 is 146 Å². The van der Waals surface area contributed by atoms with Crippen LogP contribution in [0.15, 0.2) is 102 Å². The van der Waals surface area contributed by atoms with Crippen molar-refractivity contribution in [3.05, 3.63) is 130 Å². The molecule has 14 aromatic rings. The molecule has 6 atom stereocenters. The van der Waals surface area contributed by atoms with Crippen LogP contribution in [0.5, 0.6) is 0 Å². The highest BCUT2D eigenvalue weighted by atomic mass is 79.9. The molecule has 0 aliphatic carbocycles. The Morgan fingerprint density at radius 3 is 1.16 bits per heavy atom. The van der Waals surface area contributed by atoms with Gasteiger partial charge in [-0.25, -0.2) is 34.7 Å². The van der Waals surface area contributed by atoms with E-state index in [1.807, 2.05) is 45.6 Å². The third-order valence-corrected chi connectivity index (χ3v) is 32.6. The number of nitrogen functional groups attached to an aromatic ring is 6. The Bertz CT molecular complexity index is 6370. The lowest BCUT2D eigenvalue weighted by Gasteiger charge is -2.32. The SMILES string of the molecule is CCCN1CCCC(c2nc3c(-c4ccsc4)cnn3c(N)c2Br)C1.CCc1cnn2c(N)c(Br)c(N3CC[C@H](NCCN)C3)nc12.CCc1cnn2c(N)c(Br)c(N3CC[C@H](NCCNC(=O)OC(C)(C)C)C3)nc12.NCCN1CCCC(c2nc3c(-c4ccsc4)cnn3c(N)c2Br)C1.NCCN[C@H]1CCN(c2nc3c(Br)cnn3c(N)c2Br)C1.NCCN[C@H]1CCN(c2nc3c(Br)cnn3c(N)c2Cl)C1. The Kier molecular flexibility index (Phi) is 38.1. The monoisotopic (exact) mass is 2460 g/mol. The zero-order valence-corrected chi connectivity index (χ0v) is 94.6. The topological polar surface area (TPSA) is 547 Å². The van der Waals surface area contributed by atoms with E-state index in [0.29, 0.717) is 127 Å². The number of amides is 1. The van der Waals surface area contributed by atoms with Gasteiger partial charge in [0.15, 0.2) is 39.7 Å². The average Bonchev–Trinajstić information content (AvgIpc) is 1.66. The fraction of sp³-hybridized carbons (Fsp3) is 0.511. The van der Waals surface area contributed by atoms with Crippen LogP contribution in [-0.2, 0) is 17.6 Å². The standard InChI is InChI=1S/C19H30BrN7O2.C18H22BrN5S.C17H21BrN6S.C14H22BrN7.C12H17Br2N7.C12H17BrClN7/c1-5-12-10-24-27-15(21)14(20)17(25-16(12)27)26-9-6-13(11-26)22-7-8-23-18(28)29-19(2,3)4;1-2-6-23-7-3-4-12(10-23)16-15(19)17(20)24-18(22-16)14(9-21-24)13-5-8-25-11-13;18-14-15(11-2-1-5-23(9-11)6-4-19)22-17-13(12-3-7-25-10-12)8-21-24(17)16(14)20;1-2-9-7-19-22-12(17)11(15)14(20-13(9)22)21-6-3-10(8-21)18-5-4-16;2*13-8-5-18-21-10(16)9(14)12(19-11(8)21)20-4-1-7(6-20)17-3-2-15/h10,13,22H,5-9,11,21H2,1-4H3,(H,23,28);5,8-9,11-12H,2-4,6-7,10,20H2,1H3;3,7-8,10-11H,1-2,4-6,9,19-20H2;7,10,18H,2-6,8,16-17H2,1H3;2*5,7,17H,1-4,6,15-16H2/t13-;;;10-;2*7-/m0..000/s1. The molecule has 0 bridgehead atoms. The molecule has 6 saturated heterocycles. The van der Waals surface area contributed by atoms with Gasteiger partial charge in [0.2, 0.25) is 0 Å². The Balaban J connectivity index is 0.000000130. The number of thiophene rings is 2. The van der Waals surface area contributed by atoms with Gasteiger partial charge in [-0.05, 0) is 267 Å². The second kappa shape index (κ2) is 50.1. The van der Waals surface area contributed by atoms with Gasteiger partial charge in [0.05, 0.1) is 66.5 Å². The summed E-state index contributed by atoms with van der Waals surface area (Å²) in [5.74, 6) is 7.43. The van der Waals surface area contributed by atoms with E-state index in [1.54, 1.807) is 57.6 Å². The summed E-state index contributed by atoms with van der Waals surface area (Å²) >= 11 is 34.7. The first-order valence-electron chi connectivity index (χ1n) is 48.4. The predicted molar refractivity (Wildman–Crippen MR) is 601 cm³/mol. The maximum atomic E-state index is 11.7. The van der Waals surface area contributed by atoms with Crippen molar-refractivity contribution in [2.24, 2.45) is 22.9 Å². The quantitative estimate of drug-likeness (QED) is 0.0213. The molecule has 143 heavy (non-hydrogen) atoms. The van der Waals surface area contributed by atoms with Crippen molar-refractivity contribution in [1.29, 1.82) is 0 Å². The highest BCUT2D eigenvalue weighted by Gasteiger charge is 2.35. The van der Waals surface area contributed by atoms with E-state index in [9.17, 15) is 4.79 Å². The van der Waals surface area contributed by atoms with E-state index < -0.39 is 11.7 Å². The summed E-state index contributed by atoms with van der Waals surface area (Å²) in [6, 6.07) is 5.79. The molecule has 6 fully saturated rings. The first-order chi connectivity index (χ1) is 68.9. The van der Waals surface area contributed by atoms with Gasteiger partial charge >= 0.3 is 6.09 Å². The summed E-state index contributed by atoms with van der Waals surface area (Å²) in [7, 11) is 0. The van der Waals surface area contributed by atoms with Gasteiger partial charge in [0.1, 0.15) is 76.4 Å². The van der Waals surface area contributed by atoms with Gasteiger partial charge in [-0.1, -0.05) is 32.4 Å². The smallest absolute Gasteiger partial charge is 0.407 e. The lowest BCUT2D eigenvalue weighted by Crippen LogP contribution is -2.40. The Hall–Kier alpha value is -8.36. The zero-order valence-electron chi connectivity index (χ0n) is 81.1. The molecule has 6 aliphatic heterocycles. The van der Waals surface area contributed by atoms with Gasteiger partial charge in [0, 0.05) is 189 Å². The van der Waals surface area contributed by atoms with Crippen LogP contribution in [0.4, 0.5) is 63.0 Å². The highest BCUT2D eigenvalue weighted by Crippen LogP contribution is 2.43. The summed E-state index contributed by atoms with van der Waals surface area (Å²) < 4.78 is 21.0. The maximum absolute atomic E-state index is 11.7. The Morgan fingerprint density at radius 2 is 0.776 bits per heavy atom. The van der Waals surface area contributed by atoms with Crippen molar-refractivity contribution in [2.75, 3.05) is 205 Å². The molecule has 0 aromatic carbocycles. The largest absolute Gasteiger partial charge is 0.444 e. The molecule has 25 N–H and O–H groups in total. The fourth-order valence-electron chi connectivity index (χ4n) is 18.7. The minimum Gasteiger partial charge on any atom is -0.444 e. The number of nitrogens with two attached hydrogens (primary N) is 10. The number of ether oxygens (including phenoxy) is 1. The van der Waals surface area contributed by atoms with E-state index in [4.69, 9.17) is 98.6 Å². The summed E-state index contributed by atoms with van der Waals surface area (Å²) in [6.45, 7) is 31.8. The summed E-state index contributed by atoms with van der Waals surface area (Å²) in [4.78, 5) is 54.5. The van der Waals surface area contributed by atoms with E-state index in [0.717, 1.165) is 284 Å². The molecule has 14 aromatic heterocycles. The van der Waals surface area contributed by atoms with Crippen LogP contribution in [-0.4, -0.2) is 284 Å². The van der Waals surface area contributed by atoms with E-state index in [1.165, 1.54) is 23.9 Å². The van der Waals surface area contributed by atoms with Crippen LogP contribution in [0.3, 0.4) is 0 Å².